The number of rotatable bonds is 3. The fourth-order valence-corrected chi connectivity index (χ4v) is 4.04. The number of carbonyl (C=O) groups is 2. The summed E-state index contributed by atoms with van der Waals surface area (Å²) in [4.78, 5) is 23.8. The zero-order valence-corrected chi connectivity index (χ0v) is 13.1. The smallest absolute Gasteiger partial charge is 0.229 e. The molecule has 22 heavy (non-hydrogen) atoms. The summed E-state index contributed by atoms with van der Waals surface area (Å²) in [6.45, 7) is 3.36. The molecule has 3 rings (SSSR count). The highest BCUT2D eigenvalue weighted by atomic mass is 16.2. The van der Waals surface area contributed by atoms with Gasteiger partial charge in [0.15, 0.2) is 0 Å². The molecule has 2 aliphatic carbocycles. The Morgan fingerprint density at radius 2 is 1.77 bits per heavy atom. The van der Waals surface area contributed by atoms with Gasteiger partial charge in [0, 0.05) is 24.3 Å². The van der Waals surface area contributed by atoms with Crippen molar-refractivity contribution in [2.45, 2.75) is 39.2 Å². The Hall–Kier alpha value is -1.88. The maximum Gasteiger partial charge on any atom is 0.229 e. The molecule has 4 atom stereocenters. The molecule has 0 aromatic heterocycles. The standard InChI is InChI=1S/C17H23N3O2/c1-9-13(19-10(2)21)4-3-5-14(9)20-17(22)15-11-6-7-12(8-11)16(15)18/h3-5,11-12,15-16H,6-8,18H2,1-2H3,(H,19,21)(H,20,22). The molecule has 0 saturated heterocycles. The van der Waals surface area contributed by atoms with Gasteiger partial charge in [0.05, 0.1) is 5.92 Å². The molecule has 0 spiro atoms. The molecule has 2 bridgehead atoms. The van der Waals surface area contributed by atoms with Crippen LogP contribution in [0.4, 0.5) is 11.4 Å². The van der Waals surface area contributed by atoms with Crippen LogP contribution in [-0.4, -0.2) is 17.9 Å². The molecule has 5 heteroatoms. The summed E-state index contributed by atoms with van der Waals surface area (Å²) >= 11 is 0. The molecular weight excluding hydrogens is 278 g/mol. The van der Waals surface area contributed by atoms with Crippen molar-refractivity contribution in [1.29, 1.82) is 0 Å². The van der Waals surface area contributed by atoms with Crippen molar-refractivity contribution >= 4 is 23.2 Å². The van der Waals surface area contributed by atoms with Crippen molar-refractivity contribution in [3.05, 3.63) is 23.8 Å². The molecule has 4 unspecified atom stereocenters. The molecule has 4 N–H and O–H groups in total. The fourth-order valence-electron chi connectivity index (χ4n) is 4.04. The van der Waals surface area contributed by atoms with E-state index in [1.807, 2.05) is 25.1 Å². The van der Waals surface area contributed by atoms with E-state index in [-0.39, 0.29) is 23.8 Å². The number of fused-ring (bicyclic) bond motifs is 2. The Labute approximate surface area is 130 Å². The Morgan fingerprint density at radius 3 is 2.36 bits per heavy atom. The first-order valence-corrected chi connectivity index (χ1v) is 7.91. The molecule has 0 radical (unpaired) electrons. The molecular formula is C17H23N3O2. The van der Waals surface area contributed by atoms with Crippen LogP contribution >= 0.6 is 0 Å². The Bertz CT molecular complexity index is 612. The number of carbonyl (C=O) groups excluding carboxylic acids is 2. The Balaban J connectivity index is 1.76. The van der Waals surface area contributed by atoms with Gasteiger partial charge < -0.3 is 16.4 Å². The van der Waals surface area contributed by atoms with Crippen LogP contribution in [0.15, 0.2) is 18.2 Å². The minimum Gasteiger partial charge on any atom is -0.327 e. The third kappa shape index (κ3) is 2.61. The monoisotopic (exact) mass is 301 g/mol. The lowest BCUT2D eigenvalue weighted by atomic mass is 9.84. The minimum atomic E-state index is -0.123. The van der Waals surface area contributed by atoms with Crippen LogP contribution in [0, 0.1) is 24.7 Å². The van der Waals surface area contributed by atoms with E-state index in [4.69, 9.17) is 5.73 Å². The van der Waals surface area contributed by atoms with Gasteiger partial charge in [0.2, 0.25) is 11.8 Å². The number of hydrogen-bond donors (Lipinski definition) is 3. The van der Waals surface area contributed by atoms with E-state index in [9.17, 15) is 9.59 Å². The number of anilines is 2. The van der Waals surface area contributed by atoms with Crippen LogP contribution in [0.3, 0.4) is 0 Å². The maximum absolute atomic E-state index is 12.6. The van der Waals surface area contributed by atoms with Crippen molar-refractivity contribution in [1.82, 2.24) is 0 Å². The first-order chi connectivity index (χ1) is 10.5. The molecule has 0 heterocycles. The summed E-state index contributed by atoms with van der Waals surface area (Å²) in [5.41, 5.74) is 8.56. The van der Waals surface area contributed by atoms with Gasteiger partial charge in [0.1, 0.15) is 0 Å². The van der Waals surface area contributed by atoms with Gasteiger partial charge in [-0.05, 0) is 55.7 Å². The highest BCUT2D eigenvalue weighted by Gasteiger charge is 2.49. The van der Waals surface area contributed by atoms with E-state index >= 15 is 0 Å². The normalized spacial score (nSPS) is 29.4. The lowest BCUT2D eigenvalue weighted by molar-refractivity contribution is -0.121. The zero-order chi connectivity index (χ0) is 15.9. The van der Waals surface area contributed by atoms with Crippen molar-refractivity contribution in [2.24, 2.45) is 23.5 Å². The van der Waals surface area contributed by atoms with E-state index in [2.05, 4.69) is 10.6 Å². The topological polar surface area (TPSA) is 84.2 Å². The lowest BCUT2D eigenvalue weighted by Crippen LogP contribution is -2.42. The second kappa shape index (κ2) is 5.72. The van der Waals surface area contributed by atoms with E-state index < -0.39 is 0 Å². The summed E-state index contributed by atoms with van der Waals surface area (Å²) in [7, 11) is 0. The predicted octanol–water partition coefficient (Wildman–Crippen LogP) is 2.27. The molecule has 0 aliphatic heterocycles. The Kier molecular flexibility index (Phi) is 3.91. The van der Waals surface area contributed by atoms with Crippen molar-refractivity contribution in [3.63, 3.8) is 0 Å². The first-order valence-electron chi connectivity index (χ1n) is 7.91. The van der Waals surface area contributed by atoms with Gasteiger partial charge in [-0.3, -0.25) is 9.59 Å². The highest BCUT2D eigenvalue weighted by Crippen LogP contribution is 2.48. The van der Waals surface area contributed by atoms with Crippen molar-refractivity contribution < 1.29 is 9.59 Å². The molecule has 2 amide bonds. The second-order valence-corrected chi connectivity index (χ2v) is 6.58. The molecule has 1 aromatic carbocycles. The number of benzene rings is 1. The van der Waals surface area contributed by atoms with Crippen LogP contribution in [0.2, 0.25) is 0 Å². The summed E-state index contributed by atoms with van der Waals surface area (Å²) in [6, 6.07) is 5.50. The third-order valence-corrected chi connectivity index (χ3v) is 5.19. The average Bonchev–Trinajstić information content (AvgIpc) is 3.03. The maximum atomic E-state index is 12.6. The zero-order valence-electron chi connectivity index (χ0n) is 13.1. The third-order valence-electron chi connectivity index (χ3n) is 5.19. The molecule has 1 aromatic rings. The van der Waals surface area contributed by atoms with Crippen LogP contribution < -0.4 is 16.4 Å². The Morgan fingerprint density at radius 1 is 1.14 bits per heavy atom. The van der Waals surface area contributed by atoms with Crippen molar-refractivity contribution in [3.8, 4) is 0 Å². The summed E-state index contributed by atoms with van der Waals surface area (Å²) in [5.74, 6) is 0.749. The molecule has 118 valence electrons. The SMILES string of the molecule is CC(=O)Nc1cccc(NC(=O)C2C3CCC(C3)C2N)c1C. The molecule has 5 nitrogen and oxygen atoms in total. The van der Waals surface area contributed by atoms with E-state index in [0.717, 1.165) is 36.2 Å². The number of hydrogen-bond acceptors (Lipinski definition) is 3. The predicted molar refractivity (Wildman–Crippen MR) is 86.4 cm³/mol. The summed E-state index contributed by atoms with van der Waals surface area (Å²) in [5, 5.41) is 5.79. The quantitative estimate of drug-likeness (QED) is 0.800. The number of amides is 2. The van der Waals surface area contributed by atoms with Gasteiger partial charge in [-0.2, -0.15) is 0 Å². The highest BCUT2D eigenvalue weighted by molar-refractivity contribution is 5.96. The molecule has 2 saturated carbocycles. The first kappa shape index (κ1) is 15.0. The average molecular weight is 301 g/mol. The van der Waals surface area contributed by atoms with Gasteiger partial charge >= 0.3 is 0 Å². The molecule has 2 fully saturated rings. The number of nitrogens with two attached hydrogens (primary N) is 1. The van der Waals surface area contributed by atoms with Crippen LogP contribution in [0.25, 0.3) is 0 Å². The van der Waals surface area contributed by atoms with E-state index in [1.54, 1.807) is 0 Å². The molecule has 2 aliphatic rings. The second-order valence-electron chi connectivity index (χ2n) is 6.58. The van der Waals surface area contributed by atoms with Crippen LogP contribution in [0.1, 0.15) is 31.7 Å². The van der Waals surface area contributed by atoms with Crippen molar-refractivity contribution in [2.75, 3.05) is 10.6 Å². The van der Waals surface area contributed by atoms with Gasteiger partial charge in [0.25, 0.3) is 0 Å². The van der Waals surface area contributed by atoms with Gasteiger partial charge in [-0.25, -0.2) is 0 Å². The van der Waals surface area contributed by atoms with Crippen LogP contribution in [-0.2, 0) is 9.59 Å². The van der Waals surface area contributed by atoms with Gasteiger partial charge in [-0.1, -0.05) is 6.07 Å². The van der Waals surface area contributed by atoms with E-state index in [0.29, 0.717) is 11.8 Å². The van der Waals surface area contributed by atoms with Crippen LogP contribution in [0.5, 0.6) is 0 Å². The van der Waals surface area contributed by atoms with E-state index in [1.165, 1.54) is 6.92 Å². The minimum absolute atomic E-state index is 0.0161. The summed E-state index contributed by atoms with van der Waals surface area (Å²) < 4.78 is 0. The number of nitrogens with one attached hydrogen (secondary N) is 2. The lowest BCUT2D eigenvalue weighted by Gasteiger charge is -2.27. The van der Waals surface area contributed by atoms with Gasteiger partial charge in [-0.15, -0.1) is 0 Å². The largest absolute Gasteiger partial charge is 0.327 e. The fraction of sp³-hybridized carbons (Fsp3) is 0.529. The summed E-state index contributed by atoms with van der Waals surface area (Å²) in [6.07, 6.45) is 3.36.